The third kappa shape index (κ3) is 4.55. The lowest BCUT2D eigenvalue weighted by Gasteiger charge is -2.27. The fourth-order valence-corrected chi connectivity index (χ4v) is 5.27. The number of ether oxygens (including phenoxy) is 2. The molecule has 192 valence electrons. The largest absolute Gasteiger partial charge is 0.496 e. The van der Waals surface area contributed by atoms with E-state index in [9.17, 15) is 8.78 Å². The van der Waals surface area contributed by atoms with Crippen LogP contribution in [0.1, 0.15) is 49.5 Å². The van der Waals surface area contributed by atoms with Gasteiger partial charge in [0.2, 0.25) is 0 Å². The highest BCUT2D eigenvalue weighted by atomic mass is 19.3. The number of likely N-dealkylation sites (tertiary alicyclic amines) is 1. The molecule has 1 fully saturated rings. The van der Waals surface area contributed by atoms with E-state index in [1.165, 1.54) is 6.42 Å². The molecule has 0 saturated carbocycles. The summed E-state index contributed by atoms with van der Waals surface area (Å²) < 4.78 is 43.8. The van der Waals surface area contributed by atoms with Crippen molar-refractivity contribution in [2.45, 2.75) is 59.2 Å². The second-order valence-corrected chi connectivity index (χ2v) is 9.44. The van der Waals surface area contributed by atoms with Crippen LogP contribution >= 0.6 is 0 Å². The maximum atomic E-state index is 12.9. The highest BCUT2D eigenvalue weighted by molar-refractivity contribution is 6.05. The number of nitrogens with zero attached hydrogens (tertiary/aromatic N) is 5. The molecule has 1 aliphatic heterocycles. The van der Waals surface area contributed by atoms with Crippen LogP contribution in [-0.4, -0.2) is 58.0 Å². The maximum Gasteiger partial charge on any atom is 0.345 e. The minimum atomic E-state index is -2.83. The Bertz CT molecular complexity index is 1360. The van der Waals surface area contributed by atoms with Gasteiger partial charge in [0.25, 0.3) is 0 Å². The third-order valence-electron chi connectivity index (χ3n) is 6.93. The van der Waals surface area contributed by atoms with Crippen molar-refractivity contribution in [2.75, 3.05) is 26.8 Å². The van der Waals surface area contributed by atoms with E-state index in [0.717, 1.165) is 65.0 Å². The Kier molecular flexibility index (Phi) is 6.90. The van der Waals surface area contributed by atoms with Gasteiger partial charge in [0.15, 0.2) is 0 Å². The molecular weight excluding hydrogens is 468 g/mol. The second kappa shape index (κ2) is 10.1. The van der Waals surface area contributed by atoms with E-state index < -0.39 is 6.61 Å². The molecule has 1 aliphatic rings. The van der Waals surface area contributed by atoms with Crippen molar-refractivity contribution in [1.29, 1.82) is 0 Å². The lowest BCUT2D eigenvalue weighted by Crippen LogP contribution is -2.31. The van der Waals surface area contributed by atoms with Crippen molar-refractivity contribution in [3.63, 3.8) is 0 Å². The molecule has 1 saturated heterocycles. The molecule has 0 spiro atoms. The molecule has 0 radical (unpaired) electrons. The van der Waals surface area contributed by atoms with Crippen LogP contribution in [0.2, 0.25) is 0 Å². The topological polar surface area (TPSA) is 78.4 Å². The van der Waals surface area contributed by atoms with E-state index >= 15 is 0 Å². The molecule has 4 heterocycles. The highest BCUT2D eigenvalue weighted by Gasteiger charge is 2.24. The molecular formula is C26H31F2N5O3. The summed E-state index contributed by atoms with van der Waals surface area (Å²) in [4.78, 5) is 12.0. The fourth-order valence-electron chi connectivity index (χ4n) is 5.27. The molecule has 0 bridgehead atoms. The monoisotopic (exact) mass is 499 g/mol. The number of methoxy groups -OCH3 is 1. The number of piperidine rings is 1. The van der Waals surface area contributed by atoms with Gasteiger partial charge in [0.05, 0.1) is 54.8 Å². The molecule has 3 aromatic heterocycles. The summed E-state index contributed by atoms with van der Waals surface area (Å²) in [6.07, 6.45) is 5.28. The lowest BCUT2D eigenvalue weighted by atomic mass is 10.0. The number of aromatic nitrogens is 4. The van der Waals surface area contributed by atoms with Crippen molar-refractivity contribution in [3.8, 4) is 16.9 Å². The highest BCUT2D eigenvalue weighted by Crippen LogP contribution is 2.39. The van der Waals surface area contributed by atoms with Gasteiger partial charge in [0, 0.05) is 10.9 Å². The Morgan fingerprint density at radius 1 is 1.11 bits per heavy atom. The van der Waals surface area contributed by atoms with Gasteiger partial charge in [-0.15, -0.1) is 0 Å². The maximum absolute atomic E-state index is 12.9. The van der Waals surface area contributed by atoms with Crippen LogP contribution in [0.5, 0.6) is 5.75 Å². The Labute approximate surface area is 208 Å². The first-order valence-electron chi connectivity index (χ1n) is 12.3. The summed E-state index contributed by atoms with van der Waals surface area (Å²) in [5.41, 5.74) is 4.76. The molecule has 1 aromatic carbocycles. The van der Waals surface area contributed by atoms with Crippen molar-refractivity contribution in [2.24, 2.45) is 0 Å². The van der Waals surface area contributed by atoms with E-state index in [1.54, 1.807) is 13.3 Å². The van der Waals surface area contributed by atoms with Crippen LogP contribution in [0, 0.1) is 13.8 Å². The molecule has 0 amide bonds. The van der Waals surface area contributed by atoms with E-state index in [0.29, 0.717) is 23.6 Å². The summed E-state index contributed by atoms with van der Waals surface area (Å²) in [5.74, 6) is 2.16. The number of pyridine rings is 1. The summed E-state index contributed by atoms with van der Waals surface area (Å²) in [6.45, 7) is 5.31. The second-order valence-electron chi connectivity index (χ2n) is 9.44. The van der Waals surface area contributed by atoms with Gasteiger partial charge in [-0.25, -0.2) is 4.98 Å². The predicted molar refractivity (Wildman–Crippen MR) is 132 cm³/mol. The first-order chi connectivity index (χ1) is 17.4. The molecule has 1 atom stereocenters. The van der Waals surface area contributed by atoms with Gasteiger partial charge in [-0.1, -0.05) is 11.6 Å². The molecule has 0 unspecified atom stereocenters. The number of aryl methyl sites for hydroxylation is 2. The Balaban J connectivity index is 1.69. The number of rotatable bonds is 8. The van der Waals surface area contributed by atoms with E-state index in [-0.39, 0.29) is 12.6 Å². The van der Waals surface area contributed by atoms with E-state index in [4.69, 9.17) is 24.0 Å². The van der Waals surface area contributed by atoms with Crippen LogP contribution in [0.15, 0.2) is 22.9 Å². The smallest absolute Gasteiger partial charge is 0.345 e. The summed E-state index contributed by atoms with van der Waals surface area (Å²) in [7, 11) is 1.62. The molecule has 36 heavy (non-hydrogen) atoms. The summed E-state index contributed by atoms with van der Waals surface area (Å²) in [5, 5.41) is 4.92. The summed E-state index contributed by atoms with van der Waals surface area (Å²) in [6, 6.07) is 3.54. The Morgan fingerprint density at radius 3 is 2.56 bits per heavy atom. The van der Waals surface area contributed by atoms with Crippen LogP contribution in [0.25, 0.3) is 33.1 Å². The quantitative estimate of drug-likeness (QED) is 0.310. The van der Waals surface area contributed by atoms with Gasteiger partial charge in [0.1, 0.15) is 22.9 Å². The minimum absolute atomic E-state index is 0.131. The molecule has 0 aliphatic carbocycles. The first-order valence-corrected chi connectivity index (χ1v) is 12.3. The Hall–Kier alpha value is -3.11. The SMILES string of the molecule is COc1cc2c(cc1-c1c(C)noc1C)ncc1nc(CN3CCCCC3)n([C@H](C)COC(F)F)c12. The molecule has 10 heteroatoms. The number of hydrogen-bond donors (Lipinski definition) is 0. The van der Waals surface area contributed by atoms with Crippen LogP contribution in [-0.2, 0) is 11.3 Å². The minimum Gasteiger partial charge on any atom is -0.496 e. The van der Waals surface area contributed by atoms with Crippen LogP contribution < -0.4 is 4.74 Å². The van der Waals surface area contributed by atoms with E-state index in [2.05, 4.69) is 10.1 Å². The van der Waals surface area contributed by atoms with Gasteiger partial charge >= 0.3 is 6.61 Å². The van der Waals surface area contributed by atoms with Gasteiger partial charge in [-0.2, -0.15) is 8.78 Å². The van der Waals surface area contributed by atoms with Crippen molar-refractivity contribution >= 4 is 21.9 Å². The molecule has 0 N–H and O–H groups in total. The molecule has 5 rings (SSSR count). The predicted octanol–water partition coefficient (Wildman–Crippen LogP) is 5.65. The zero-order valence-corrected chi connectivity index (χ0v) is 21.1. The average molecular weight is 500 g/mol. The lowest BCUT2D eigenvalue weighted by molar-refractivity contribution is -0.135. The number of hydrogen-bond acceptors (Lipinski definition) is 7. The molecule has 8 nitrogen and oxygen atoms in total. The van der Waals surface area contributed by atoms with E-state index in [1.807, 2.05) is 37.5 Å². The third-order valence-corrected chi connectivity index (χ3v) is 6.93. The molecule has 4 aromatic rings. The normalized spacial score (nSPS) is 15.9. The van der Waals surface area contributed by atoms with Crippen LogP contribution in [0.3, 0.4) is 0 Å². The first kappa shape index (κ1) is 24.6. The zero-order chi connectivity index (χ0) is 25.4. The van der Waals surface area contributed by atoms with Gasteiger partial charge in [-0.05, 0) is 58.8 Å². The van der Waals surface area contributed by atoms with Crippen molar-refractivity contribution in [3.05, 3.63) is 35.6 Å². The standard InChI is InChI=1S/C26H31F2N5O3/c1-15(14-35-26(27)28)33-23(13-32-8-6-5-7-9-32)30-21-12-29-20-10-19(24-16(2)31-36-17(24)3)22(34-4)11-18(20)25(21)33/h10-12,15,26H,5-9,13-14H2,1-4H3/t15-/m1/s1. The number of benzene rings is 1. The van der Waals surface area contributed by atoms with Crippen LogP contribution in [0.4, 0.5) is 8.78 Å². The zero-order valence-electron chi connectivity index (χ0n) is 21.1. The number of fused-ring (bicyclic) bond motifs is 3. The summed E-state index contributed by atoms with van der Waals surface area (Å²) >= 11 is 0. The number of halogens is 2. The Morgan fingerprint density at radius 2 is 1.89 bits per heavy atom. The number of alkyl halides is 2. The number of imidazole rings is 1. The van der Waals surface area contributed by atoms with Gasteiger partial charge in [-0.3, -0.25) is 9.88 Å². The average Bonchev–Trinajstić information content (AvgIpc) is 3.41. The van der Waals surface area contributed by atoms with Gasteiger partial charge < -0.3 is 18.6 Å². The van der Waals surface area contributed by atoms with Crippen molar-refractivity contribution in [1.82, 2.24) is 24.6 Å². The fraction of sp³-hybridized carbons (Fsp3) is 0.500. The van der Waals surface area contributed by atoms with Crippen molar-refractivity contribution < 1.29 is 22.8 Å².